The Hall–Kier alpha value is -2.55. The second kappa shape index (κ2) is 10.4. The summed E-state index contributed by atoms with van der Waals surface area (Å²) in [6, 6.07) is 11.3. The zero-order valence-electron chi connectivity index (χ0n) is 17.5. The van der Waals surface area contributed by atoms with Gasteiger partial charge in [-0.3, -0.25) is 19.5 Å². The van der Waals surface area contributed by atoms with E-state index in [0.29, 0.717) is 39.1 Å². The van der Waals surface area contributed by atoms with Crippen LogP contribution in [0.2, 0.25) is 10.0 Å². The van der Waals surface area contributed by atoms with Crippen LogP contribution in [0.1, 0.15) is 19.4 Å². The van der Waals surface area contributed by atoms with Crippen molar-refractivity contribution in [2.45, 2.75) is 37.2 Å². The second-order valence-corrected chi connectivity index (χ2v) is 9.44. The van der Waals surface area contributed by atoms with E-state index in [2.05, 4.69) is 10.3 Å². The van der Waals surface area contributed by atoms with E-state index < -0.39 is 17.2 Å². The van der Waals surface area contributed by atoms with Crippen LogP contribution in [0.3, 0.4) is 0 Å². The minimum Gasteiger partial charge on any atom is -0.351 e. The number of aromatic nitrogens is 2. The monoisotopic (exact) mass is 492 g/mol. The highest BCUT2D eigenvalue weighted by Crippen LogP contribution is 2.28. The molecule has 1 unspecified atom stereocenters. The van der Waals surface area contributed by atoms with Crippen molar-refractivity contribution in [3.05, 3.63) is 68.4 Å². The van der Waals surface area contributed by atoms with Gasteiger partial charge in [0.1, 0.15) is 0 Å². The third-order valence-corrected chi connectivity index (χ3v) is 6.91. The van der Waals surface area contributed by atoms with E-state index >= 15 is 0 Å². The molecule has 3 N–H and O–H groups in total. The zero-order chi connectivity index (χ0) is 23.4. The summed E-state index contributed by atoms with van der Waals surface area (Å²) < 4.78 is 1.53. The number of halogens is 2. The summed E-state index contributed by atoms with van der Waals surface area (Å²) in [6.07, 6.45) is 0.462. The van der Waals surface area contributed by atoms with Gasteiger partial charge in [-0.05, 0) is 42.2 Å². The number of nitrogens with one attached hydrogen (secondary N) is 1. The lowest BCUT2D eigenvalue weighted by atomic mass is 10.1. The molecule has 0 saturated carbocycles. The topological polar surface area (TPSA) is 107 Å². The fraction of sp³-hybridized carbons (Fsp3) is 0.273. The van der Waals surface area contributed by atoms with E-state index in [1.54, 1.807) is 36.4 Å². The van der Waals surface area contributed by atoms with Gasteiger partial charge >= 0.3 is 6.03 Å². The number of amides is 3. The van der Waals surface area contributed by atoms with E-state index in [4.69, 9.17) is 28.9 Å². The van der Waals surface area contributed by atoms with Crippen molar-refractivity contribution in [2.24, 2.45) is 11.7 Å². The predicted molar refractivity (Wildman–Crippen MR) is 128 cm³/mol. The molecular weight excluding hydrogens is 471 g/mol. The molecule has 168 valence electrons. The number of fused-ring (bicyclic) bond motifs is 1. The molecule has 1 atom stereocenters. The molecule has 32 heavy (non-hydrogen) atoms. The van der Waals surface area contributed by atoms with E-state index in [9.17, 15) is 14.4 Å². The Morgan fingerprint density at radius 3 is 2.56 bits per heavy atom. The molecule has 3 rings (SSSR count). The van der Waals surface area contributed by atoms with Crippen molar-refractivity contribution >= 4 is 57.8 Å². The molecule has 0 bridgehead atoms. The number of aryl methyl sites for hydroxylation is 1. The van der Waals surface area contributed by atoms with Gasteiger partial charge in [0, 0.05) is 16.6 Å². The predicted octanol–water partition coefficient (Wildman–Crippen LogP) is 4.26. The summed E-state index contributed by atoms with van der Waals surface area (Å²) in [4.78, 5) is 41.7. The molecule has 0 saturated heterocycles. The molecule has 0 fully saturated rings. The minimum absolute atomic E-state index is 0.151. The maximum atomic E-state index is 13.3. The number of carbonyl (C=O) groups excluding carboxylic acids is 2. The molecule has 10 heteroatoms. The molecule has 1 heterocycles. The summed E-state index contributed by atoms with van der Waals surface area (Å²) in [5.74, 6) is -0.686. The quantitative estimate of drug-likeness (QED) is 0.378. The zero-order valence-corrected chi connectivity index (χ0v) is 19.8. The highest BCUT2D eigenvalue weighted by atomic mass is 35.5. The number of benzene rings is 2. The van der Waals surface area contributed by atoms with E-state index in [1.807, 2.05) is 19.9 Å². The summed E-state index contributed by atoms with van der Waals surface area (Å²) >= 11 is 13.4. The first-order valence-electron chi connectivity index (χ1n) is 9.88. The van der Waals surface area contributed by atoms with Gasteiger partial charge < -0.3 is 5.73 Å². The van der Waals surface area contributed by atoms with Crippen molar-refractivity contribution in [1.82, 2.24) is 14.9 Å². The van der Waals surface area contributed by atoms with Crippen molar-refractivity contribution in [3.63, 3.8) is 0 Å². The van der Waals surface area contributed by atoms with E-state index in [1.165, 1.54) is 4.57 Å². The number of para-hydroxylation sites is 1. The Bertz CT molecular complexity index is 1230. The van der Waals surface area contributed by atoms with Crippen LogP contribution >= 0.6 is 35.0 Å². The number of hydrogen-bond donors (Lipinski definition) is 2. The first-order chi connectivity index (χ1) is 15.2. The third-order valence-electron chi connectivity index (χ3n) is 4.79. The van der Waals surface area contributed by atoms with Crippen LogP contribution in [0.5, 0.6) is 0 Å². The van der Waals surface area contributed by atoms with Gasteiger partial charge in [-0.2, -0.15) is 0 Å². The number of urea groups is 1. The molecule has 3 amide bonds. The van der Waals surface area contributed by atoms with Crippen LogP contribution < -0.4 is 16.6 Å². The normalized spacial score (nSPS) is 12.2. The number of hydrogen-bond acceptors (Lipinski definition) is 5. The number of thioether (sulfide) groups is 1. The number of carbonyl (C=O) groups is 2. The lowest BCUT2D eigenvalue weighted by Gasteiger charge is -2.21. The van der Waals surface area contributed by atoms with Crippen molar-refractivity contribution in [3.8, 4) is 0 Å². The van der Waals surface area contributed by atoms with Crippen LogP contribution in [0.25, 0.3) is 10.9 Å². The standard InChI is InChI=1S/C22H22Cl2N4O3S/c1-12(2)18(19(29)27-21(25)31)32-22-26-17-6-4-3-5-15(17)20(30)28(22)10-9-13-7-8-14(23)11-16(13)24/h3-8,11-12,18H,9-10H2,1-2H3,(H3,25,27,29,31). The van der Waals surface area contributed by atoms with Crippen molar-refractivity contribution in [2.75, 3.05) is 0 Å². The Morgan fingerprint density at radius 2 is 1.91 bits per heavy atom. The summed E-state index contributed by atoms with van der Waals surface area (Å²) in [6.45, 7) is 3.98. The summed E-state index contributed by atoms with van der Waals surface area (Å²) in [5.41, 5.74) is 6.25. The molecule has 0 spiro atoms. The Balaban J connectivity index is 2.02. The fourth-order valence-corrected chi connectivity index (χ4v) is 4.81. The van der Waals surface area contributed by atoms with Crippen LogP contribution in [-0.4, -0.2) is 26.7 Å². The van der Waals surface area contributed by atoms with Crippen molar-refractivity contribution in [1.29, 1.82) is 0 Å². The van der Waals surface area contributed by atoms with Crippen LogP contribution in [0, 0.1) is 5.92 Å². The summed E-state index contributed by atoms with van der Waals surface area (Å²) in [7, 11) is 0. The first kappa shape index (κ1) is 24.1. The maximum absolute atomic E-state index is 13.3. The first-order valence-corrected chi connectivity index (χ1v) is 11.5. The Kier molecular flexibility index (Phi) is 7.82. The number of nitrogens with two attached hydrogens (primary N) is 1. The molecular formula is C22H22Cl2N4O3S. The largest absolute Gasteiger partial charge is 0.351 e. The molecule has 0 aliphatic carbocycles. The van der Waals surface area contributed by atoms with Gasteiger partial charge in [0.2, 0.25) is 5.91 Å². The SMILES string of the molecule is CC(C)C(Sc1nc2ccccc2c(=O)n1CCc1ccc(Cl)cc1Cl)C(=O)NC(N)=O. The highest BCUT2D eigenvalue weighted by Gasteiger charge is 2.27. The molecule has 1 aromatic heterocycles. The van der Waals surface area contributed by atoms with E-state index in [-0.39, 0.29) is 11.5 Å². The van der Waals surface area contributed by atoms with Gasteiger partial charge in [0.25, 0.3) is 5.56 Å². The Morgan fingerprint density at radius 1 is 1.19 bits per heavy atom. The fourth-order valence-electron chi connectivity index (χ4n) is 3.19. The van der Waals surface area contributed by atoms with Crippen LogP contribution in [0.15, 0.2) is 52.4 Å². The maximum Gasteiger partial charge on any atom is 0.318 e. The Labute approximate surface area is 199 Å². The molecule has 0 aliphatic heterocycles. The van der Waals surface area contributed by atoms with Crippen LogP contribution in [0.4, 0.5) is 4.79 Å². The molecule has 2 aromatic carbocycles. The van der Waals surface area contributed by atoms with E-state index in [0.717, 1.165) is 17.3 Å². The minimum atomic E-state index is -0.928. The van der Waals surface area contributed by atoms with Gasteiger partial charge in [-0.25, -0.2) is 9.78 Å². The van der Waals surface area contributed by atoms with Gasteiger partial charge in [-0.1, -0.05) is 67.0 Å². The molecule has 7 nitrogen and oxygen atoms in total. The highest BCUT2D eigenvalue weighted by molar-refractivity contribution is 8.00. The van der Waals surface area contributed by atoms with Gasteiger partial charge in [-0.15, -0.1) is 0 Å². The molecule has 3 aromatic rings. The van der Waals surface area contributed by atoms with Crippen LogP contribution in [-0.2, 0) is 17.8 Å². The lowest BCUT2D eigenvalue weighted by Crippen LogP contribution is -2.42. The van der Waals surface area contributed by atoms with Gasteiger partial charge in [0.15, 0.2) is 5.16 Å². The number of rotatable bonds is 7. The number of primary amides is 1. The lowest BCUT2D eigenvalue weighted by molar-refractivity contribution is -0.120. The molecule has 0 aliphatic rings. The smallest absolute Gasteiger partial charge is 0.318 e. The second-order valence-electron chi connectivity index (χ2n) is 7.49. The third kappa shape index (κ3) is 5.62. The summed E-state index contributed by atoms with van der Waals surface area (Å²) in [5, 5.41) is 3.32. The molecule has 0 radical (unpaired) electrons. The van der Waals surface area contributed by atoms with Gasteiger partial charge in [0.05, 0.1) is 16.2 Å². The van der Waals surface area contributed by atoms with Crippen molar-refractivity contribution < 1.29 is 9.59 Å². The number of imide groups is 1. The average Bonchev–Trinajstić information content (AvgIpc) is 2.72. The average molecular weight is 493 g/mol. The number of nitrogens with zero attached hydrogens (tertiary/aromatic N) is 2.